The van der Waals surface area contributed by atoms with E-state index in [4.69, 9.17) is 5.26 Å². The highest BCUT2D eigenvalue weighted by Crippen LogP contribution is 2.12. The third kappa shape index (κ3) is 1.69. The first kappa shape index (κ1) is 8.02. The van der Waals surface area contributed by atoms with Crippen molar-refractivity contribution in [1.82, 2.24) is 5.32 Å². The van der Waals surface area contributed by atoms with Gasteiger partial charge in [0.25, 0.3) is 0 Å². The van der Waals surface area contributed by atoms with Gasteiger partial charge < -0.3 is 4.74 Å². The van der Waals surface area contributed by atoms with Crippen molar-refractivity contribution in [2.24, 2.45) is 0 Å². The van der Waals surface area contributed by atoms with Gasteiger partial charge in [-0.05, 0) is 12.8 Å². The Morgan fingerprint density at radius 1 is 1.73 bits per heavy atom. The lowest BCUT2D eigenvalue weighted by Crippen LogP contribution is -2.35. The van der Waals surface area contributed by atoms with Crippen molar-refractivity contribution in [1.29, 1.82) is 5.26 Å². The van der Waals surface area contributed by atoms with Gasteiger partial charge in [0.2, 0.25) is 0 Å². The maximum absolute atomic E-state index is 10.9. The molecule has 0 saturated carbocycles. The summed E-state index contributed by atoms with van der Waals surface area (Å²) in [5.41, 5.74) is 0. The highest BCUT2D eigenvalue weighted by atomic mass is 16.5. The van der Waals surface area contributed by atoms with E-state index in [1.54, 1.807) is 0 Å². The molecule has 0 aliphatic carbocycles. The second kappa shape index (κ2) is 3.35. The highest BCUT2D eigenvalue weighted by molar-refractivity contribution is 5.76. The molecule has 0 spiro atoms. The Morgan fingerprint density at radius 2 is 2.45 bits per heavy atom. The number of nitriles is 1. The van der Waals surface area contributed by atoms with Gasteiger partial charge in [-0.3, -0.25) is 10.1 Å². The number of carbonyl (C=O) groups excluding carboxylic acids is 1. The Balaban J connectivity index is 2.43. The minimum absolute atomic E-state index is 0.181. The average molecular weight is 154 g/mol. The Bertz CT molecular complexity index is 197. The Morgan fingerprint density at radius 3 is 2.91 bits per heavy atom. The molecular formula is C7H10N2O2. The largest absolute Gasteiger partial charge is 0.468 e. The minimum Gasteiger partial charge on any atom is -0.468 e. The van der Waals surface area contributed by atoms with Crippen molar-refractivity contribution < 1.29 is 9.53 Å². The number of nitrogens with one attached hydrogen (secondary N) is 1. The molecule has 11 heavy (non-hydrogen) atoms. The van der Waals surface area contributed by atoms with E-state index in [0.717, 1.165) is 6.42 Å². The van der Waals surface area contributed by atoms with Crippen molar-refractivity contribution in [2.75, 3.05) is 7.11 Å². The van der Waals surface area contributed by atoms with Crippen molar-refractivity contribution in [3.05, 3.63) is 0 Å². The molecule has 2 unspecified atom stereocenters. The van der Waals surface area contributed by atoms with Crippen LogP contribution >= 0.6 is 0 Å². The molecule has 1 aliphatic rings. The van der Waals surface area contributed by atoms with Gasteiger partial charge in [-0.25, -0.2) is 0 Å². The zero-order valence-corrected chi connectivity index (χ0v) is 6.33. The minimum atomic E-state index is -0.275. The average Bonchev–Trinajstić information content (AvgIpc) is 2.50. The number of rotatable bonds is 1. The van der Waals surface area contributed by atoms with Gasteiger partial charge in [0.1, 0.15) is 6.04 Å². The SMILES string of the molecule is COC(=O)C1CCC(C#N)N1. The summed E-state index contributed by atoms with van der Waals surface area (Å²) >= 11 is 0. The maximum atomic E-state index is 10.9. The zero-order chi connectivity index (χ0) is 8.27. The maximum Gasteiger partial charge on any atom is 0.322 e. The predicted octanol–water partition coefficient (Wildman–Crippen LogP) is -0.196. The lowest BCUT2D eigenvalue weighted by atomic mass is 10.2. The van der Waals surface area contributed by atoms with E-state index in [1.807, 2.05) is 0 Å². The van der Waals surface area contributed by atoms with Crippen LogP contribution in [0.15, 0.2) is 0 Å². The van der Waals surface area contributed by atoms with E-state index < -0.39 is 0 Å². The van der Waals surface area contributed by atoms with Crippen LogP contribution in [-0.4, -0.2) is 25.2 Å². The van der Waals surface area contributed by atoms with Gasteiger partial charge in [0.05, 0.1) is 19.2 Å². The Labute approximate surface area is 65.1 Å². The molecule has 2 atom stereocenters. The summed E-state index contributed by atoms with van der Waals surface area (Å²) in [5, 5.41) is 11.3. The fraction of sp³-hybridized carbons (Fsp3) is 0.714. The number of methoxy groups -OCH3 is 1. The molecule has 1 heterocycles. The van der Waals surface area contributed by atoms with Crippen LogP contribution in [0.5, 0.6) is 0 Å². The molecule has 1 N–H and O–H groups in total. The van der Waals surface area contributed by atoms with Gasteiger partial charge in [-0.15, -0.1) is 0 Å². The highest BCUT2D eigenvalue weighted by Gasteiger charge is 2.29. The first-order chi connectivity index (χ1) is 5.27. The number of hydrogen-bond donors (Lipinski definition) is 1. The lowest BCUT2D eigenvalue weighted by Gasteiger charge is -2.06. The number of esters is 1. The normalized spacial score (nSPS) is 29.5. The lowest BCUT2D eigenvalue weighted by molar-refractivity contribution is -0.142. The van der Waals surface area contributed by atoms with Crippen LogP contribution in [0.3, 0.4) is 0 Å². The first-order valence-electron chi connectivity index (χ1n) is 3.51. The number of ether oxygens (including phenoxy) is 1. The van der Waals surface area contributed by atoms with Crippen molar-refractivity contribution in [2.45, 2.75) is 24.9 Å². The number of nitrogens with zero attached hydrogens (tertiary/aromatic N) is 1. The predicted molar refractivity (Wildman–Crippen MR) is 37.6 cm³/mol. The van der Waals surface area contributed by atoms with E-state index >= 15 is 0 Å². The van der Waals surface area contributed by atoms with Crippen molar-refractivity contribution in [3.8, 4) is 6.07 Å². The third-order valence-electron chi connectivity index (χ3n) is 1.79. The van der Waals surface area contributed by atoms with E-state index in [9.17, 15) is 4.79 Å². The molecular weight excluding hydrogens is 144 g/mol. The molecule has 60 valence electrons. The molecule has 0 aromatic heterocycles. The van der Waals surface area contributed by atoms with Gasteiger partial charge in [0.15, 0.2) is 0 Å². The van der Waals surface area contributed by atoms with Crippen molar-refractivity contribution >= 4 is 5.97 Å². The van der Waals surface area contributed by atoms with Crippen LogP contribution in [-0.2, 0) is 9.53 Å². The smallest absolute Gasteiger partial charge is 0.322 e. The molecule has 1 fully saturated rings. The molecule has 1 aliphatic heterocycles. The van der Waals surface area contributed by atoms with Gasteiger partial charge in [-0.2, -0.15) is 5.26 Å². The summed E-state index contributed by atoms with van der Waals surface area (Å²) in [5.74, 6) is -0.275. The van der Waals surface area contributed by atoms with Gasteiger partial charge >= 0.3 is 5.97 Å². The molecule has 1 saturated heterocycles. The van der Waals surface area contributed by atoms with Gasteiger partial charge in [-0.1, -0.05) is 0 Å². The third-order valence-corrected chi connectivity index (χ3v) is 1.79. The molecule has 4 nitrogen and oxygen atoms in total. The summed E-state index contributed by atoms with van der Waals surface area (Å²) < 4.78 is 4.52. The first-order valence-corrected chi connectivity index (χ1v) is 3.51. The molecule has 4 heteroatoms. The number of hydrogen-bond acceptors (Lipinski definition) is 4. The van der Waals surface area contributed by atoms with E-state index in [2.05, 4.69) is 16.1 Å². The van der Waals surface area contributed by atoms with E-state index in [0.29, 0.717) is 6.42 Å². The molecule has 0 bridgehead atoms. The standard InChI is InChI=1S/C7H10N2O2/c1-11-7(10)6-3-2-5(4-8)9-6/h5-6,9H,2-3H2,1H3. The van der Waals surface area contributed by atoms with E-state index in [-0.39, 0.29) is 18.1 Å². The van der Waals surface area contributed by atoms with Crippen LogP contribution in [0.1, 0.15) is 12.8 Å². The van der Waals surface area contributed by atoms with Gasteiger partial charge in [0, 0.05) is 0 Å². The van der Waals surface area contributed by atoms with Crippen LogP contribution in [0.25, 0.3) is 0 Å². The summed E-state index contributed by atoms with van der Waals surface area (Å²) in [4.78, 5) is 10.9. The second-order valence-electron chi connectivity index (χ2n) is 2.50. The summed E-state index contributed by atoms with van der Waals surface area (Å²) in [7, 11) is 1.35. The monoisotopic (exact) mass is 154 g/mol. The topological polar surface area (TPSA) is 62.1 Å². The fourth-order valence-electron chi connectivity index (χ4n) is 1.17. The van der Waals surface area contributed by atoms with Crippen LogP contribution < -0.4 is 5.32 Å². The van der Waals surface area contributed by atoms with Crippen LogP contribution in [0.4, 0.5) is 0 Å². The molecule has 1 rings (SSSR count). The summed E-state index contributed by atoms with van der Waals surface area (Å²) in [6.45, 7) is 0. The summed E-state index contributed by atoms with van der Waals surface area (Å²) in [6, 6.07) is 1.60. The molecule has 0 radical (unpaired) electrons. The Kier molecular flexibility index (Phi) is 2.44. The fourth-order valence-corrected chi connectivity index (χ4v) is 1.17. The molecule has 0 aromatic rings. The molecule has 0 aromatic carbocycles. The number of carbonyl (C=O) groups is 1. The zero-order valence-electron chi connectivity index (χ0n) is 6.33. The summed E-state index contributed by atoms with van der Waals surface area (Å²) in [6.07, 6.45) is 1.43. The van der Waals surface area contributed by atoms with Crippen molar-refractivity contribution in [3.63, 3.8) is 0 Å². The van der Waals surface area contributed by atoms with Crippen LogP contribution in [0.2, 0.25) is 0 Å². The molecule has 0 amide bonds. The Hall–Kier alpha value is -1.08. The van der Waals surface area contributed by atoms with E-state index in [1.165, 1.54) is 7.11 Å². The second-order valence-corrected chi connectivity index (χ2v) is 2.50. The quantitative estimate of drug-likeness (QED) is 0.531. The van der Waals surface area contributed by atoms with Crippen LogP contribution in [0, 0.1) is 11.3 Å².